The van der Waals surface area contributed by atoms with Gasteiger partial charge >= 0.3 is 0 Å². The van der Waals surface area contributed by atoms with Gasteiger partial charge in [0.2, 0.25) is 5.89 Å². The summed E-state index contributed by atoms with van der Waals surface area (Å²) in [6.45, 7) is 10.2. The molecule has 2 aromatic heterocycles. The van der Waals surface area contributed by atoms with E-state index in [-0.39, 0.29) is 18.1 Å². The predicted octanol–water partition coefficient (Wildman–Crippen LogP) is 5.22. The highest BCUT2D eigenvalue weighted by molar-refractivity contribution is 5.92. The van der Waals surface area contributed by atoms with E-state index < -0.39 is 0 Å². The minimum Gasteiger partial charge on any atom is -0.471 e. The van der Waals surface area contributed by atoms with E-state index in [0.29, 0.717) is 25.3 Å². The Bertz CT molecular complexity index is 1340. The van der Waals surface area contributed by atoms with E-state index in [1.807, 2.05) is 53.6 Å². The number of aromatic nitrogens is 3. The average molecular weight is 514 g/mol. The van der Waals surface area contributed by atoms with Gasteiger partial charge in [-0.1, -0.05) is 63.2 Å². The lowest BCUT2D eigenvalue weighted by atomic mass is 9.94. The maximum Gasteiger partial charge on any atom is 0.274 e. The molecular weight excluding hydrogens is 478 g/mol. The molecule has 0 aliphatic carbocycles. The van der Waals surface area contributed by atoms with Crippen LogP contribution in [0.2, 0.25) is 0 Å². The molecule has 0 bridgehead atoms. The van der Waals surface area contributed by atoms with Crippen molar-refractivity contribution in [2.75, 3.05) is 26.2 Å². The van der Waals surface area contributed by atoms with E-state index in [1.165, 1.54) is 5.56 Å². The Hall–Kier alpha value is -3.91. The van der Waals surface area contributed by atoms with Crippen molar-refractivity contribution >= 4 is 5.91 Å². The molecule has 1 amide bonds. The molecular formula is C30H35N5O3. The Labute approximate surface area is 223 Å². The van der Waals surface area contributed by atoms with Crippen molar-refractivity contribution in [2.45, 2.75) is 45.9 Å². The first-order valence-electron chi connectivity index (χ1n) is 13.1. The number of ether oxygens (including phenoxy) is 1. The summed E-state index contributed by atoms with van der Waals surface area (Å²) in [7, 11) is 0. The summed E-state index contributed by atoms with van der Waals surface area (Å²) in [5.41, 5.74) is 2.67. The first kappa shape index (κ1) is 25.7. The topological polar surface area (TPSA) is 76.6 Å². The zero-order valence-electron chi connectivity index (χ0n) is 22.3. The van der Waals surface area contributed by atoms with Crippen molar-refractivity contribution in [1.29, 1.82) is 0 Å². The molecule has 0 N–H and O–H groups in total. The van der Waals surface area contributed by atoms with Crippen LogP contribution in [0.15, 0.2) is 77.5 Å². The number of amides is 1. The molecule has 1 aliphatic heterocycles. The molecule has 0 spiro atoms. The first-order valence-corrected chi connectivity index (χ1v) is 13.1. The van der Waals surface area contributed by atoms with Crippen molar-refractivity contribution in [3.8, 4) is 16.9 Å². The summed E-state index contributed by atoms with van der Waals surface area (Å²) in [6, 6.07) is 20.0. The molecule has 2 aromatic carbocycles. The summed E-state index contributed by atoms with van der Waals surface area (Å²) in [6.07, 6.45) is 4.50. The summed E-state index contributed by atoms with van der Waals surface area (Å²) in [5.74, 6) is 2.32. The molecule has 198 valence electrons. The zero-order chi connectivity index (χ0) is 26.5. The minimum absolute atomic E-state index is 0.0519. The Morgan fingerprint density at radius 2 is 1.71 bits per heavy atom. The Balaban J connectivity index is 1.12. The summed E-state index contributed by atoms with van der Waals surface area (Å²) < 4.78 is 13.5. The highest BCUT2D eigenvalue weighted by Gasteiger charge is 2.24. The standard InChI is InChI=1S/C30H35N5O3/c1-30(2,3)27-20-31-28(38-27)21-33-15-7-16-34(19-18-33)29(36)26-14-17-35(32-26)22-37-25-12-10-24(11-13-25)23-8-5-4-6-9-23/h4-6,8-14,17,20H,7,15-16,18-19,21-22H2,1-3H3. The summed E-state index contributed by atoms with van der Waals surface area (Å²) in [5, 5.41) is 4.47. The lowest BCUT2D eigenvalue weighted by Crippen LogP contribution is -2.35. The van der Waals surface area contributed by atoms with Crippen molar-refractivity contribution in [1.82, 2.24) is 24.6 Å². The number of rotatable bonds is 7. The quantitative estimate of drug-likeness (QED) is 0.337. The van der Waals surface area contributed by atoms with Gasteiger partial charge in [0.25, 0.3) is 5.91 Å². The summed E-state index contributed by atoms with van der Waals surface area (Å²) >= 11 is 0. The van der Waals surface area contributed by atoms with Gasteiger partial charge in [-0.3, -0.25) is 9.69 Å². The Morgan fingerprint density at radius 1 is 0.947 bits per heavy atom. The second-order valence-electron chi connectivity index (χ2n) is 10.7. The zero-order valence-corrected chi connectivity index (χ0v) is 22.3. The van der Waals surface area contributed by atoms with Crippen LogP contribution >= 0.6 is 0 Å². The number of oxazole rings is 1. The third-order valence-corrected chi connectivity index (χ3v) is 6.71. The van der Waals surface area contributed by atoms with Gasteiger partial charge in [-0.25, -0.2) is 9.67 Å². The number of hydrogen-bond donors (Lipinski definition) is 0. The normalized spacial score (nSPS) is 14.9. The van der Waals surface area contributed by atoms with Crippen molar-refractivity contribution < 1.29 is 13.9 Å². The number of benzene rings is 2. The van der Waals surface area contributed by atoms with Crippen LogP contribution in [0, 0.1) is 0 Å². The van der Waals surface area contributed by atoms with Crippen LogP contribution in [-0.4, -0.2) is 56.7 Å². The smallest absolute Gasteiger partial charge is 0.274 e. The molecule has 0 unspecified atom stereocenters. The lowest BCUT2D eigenvalue weighted by molar-refractivity contribution is 0.0752. The van der Waals surface area contributed by atoms with E-state index in [9.17, 15) is 4.79 Å². The highest BCUT2D eigenvalue weighted by atomic mass is 16.5. The molecule has 1 aliphatic rings. The number of carbonyl (C=O) groups excluding carboxylic acids is 1. The fraction of sp³-hybridized carbons (Fsp3) is 0.367. The number of carbonyl (C=O) groups is 1. The third-order valence-electron chi connectivity index (χ3n) is 6.71. The van der Waals surface area contributed by atoms with Crippen LogP contribution in [0.3, 0.4) is 0 Å². The SMILES string of the molecule is CC(C)(C)c1cnc(CN2CCCN(C(=O)c3ccn(COc4ccc(-c5ccccc5)cc4)n3)CC2)o1. The molecule has 8 heteroatoms. The average Bonchev–Trinajstić information content (AvgIpc) is 3.54. The van der Waals surface area contributed by atoms with Crippen LogP contribution in [0.5, 0.6) is 5.75 Å². The largest absolute Gasteiger partial charge is 0.471 e. The Kier molecular flexibility index (Phi) is 7.60. The van der Waals surface area contributed by atoms with Gasteiger partial charge in [0.15, 0.2) is 12.4 Å². The Morgan fingerprint density at radius 3 is 2.45 bits per heavy atom. The maximum atomic E-state index is 13.2. The van der Waals surface area contributed by atoms with E-state index in [0.717, 1.165) is 42.5 Å². The predicted molar refractivity (Wildman–Crippen MR) is 146 cm³/mol. The van der Waals surface area contributed by atoms with E-state index in [2.05, 4.69) is 47.9 Å². The van der Waals surface area contributed by atoms with E-state index in [4.69, 9.17) is 9.15 Å². The fourth-order valence-electron chi connectivity index (χ4n) is 4.48. The minimum atomic E-state index is -0.0608. The molecule has 4 aromatic rings. The second kappa shape index (κ2) is 11.2. The monoisotopic (exact) mass is 513 g/mol. The number of hydrogen-bond acceptors (Lipinski definition) is 6. The van der Waals surface area contributed by atoms with Crippen LogP contribution in [0.4, 0.5) is 0 Å². The van der Waals surface area contributed by atoms with Crippen LogP contribution in [-0.2, 0) is 18.7 Å². The van der Waals surface area contributed by atoms with E-state index >= 15 is 0 Å². The molecule has 5 rings (SSSR count). The van der Waals surface area contributed by atoms with Gasteiger partial charge in [0, 0.05) is 37.8 Å². The summed E-state index contributed by atoms with van der Waals surface area (Å²) in [4.78, 5) is 21.8. The van der Waals surface area contributed by atoms with Crippen molar-refractivity contribution in [2.24, 2.45) is 0 Å². The van der Waals surface area contributed by atoms with Gasteiger partial charge in [-0.2, -0.15) is 5.10 Å². The molecule has 8 nitrogen and oxygen atoms in total. The molecule has 0 radical (unpaired) electrons. The van der Waals surface area contributed by atoms with Gasteiger partial charge in [0.1, 0.15) is 11.5 Å². The van der Waals surface area contributed by atoms with Crippen LogP contribution < -0.4 is 4.74 Å². The van der Waals surface area contributed by atoms with Gasteiger partial charge in [-0.15, -0.1) is 0 Å². The number of nitrogens with zero attached hydrogens (tertiary/aromatic N) is 5. The van der Waals surface area contributed by atoms with Crippen molar-refractivity contribution in [3.05, 3.63) is 90.4 Å². The van der Waals surface area contributed by atoms with Crippen LogP contribution in [0.1, 0.15) is 49.3 Å². The molecule has 1 saturated heterocycles. The fourth-order valence-corrected chi connectivity index (χ4v) is 4.48. The first-order chi connectivity index (χ1) is 18.3. The van der Waals surface area contributed by atoms with Gasteiger partial charge in [-0.05, 0) is 35.7 Å². The van der Waals surface area contributed by atoms with Crippen molar-refractivity contribution in [3.63, 3.8) is 0 Å². The molecule has 1 fully saturated rings. The van der Waals surface area contributed by atoms with Crippen LogP contribution in [0.25, 0.3) is 11.1 Å². The highest BCUT2D eigenvalue weighted by Crippen LogP contribution is 2.24. The molecule has 38 heavy (non-hydrogen) atoms. The second-order valence-corrected chi connectivity index (χ2v) is 10.7. The molecule has 3 heterocycles. The maximum absolute atomic E-state index is 13.2. The molecule has 0 saturated carbocycles. The third kappa shape index (κ3) is 6.31. The molecule has 0 atom stereocenters. The van der Waals surface area contributed by atoms with Gasteiger partial charge in [0.05, 0.1) is 12.7 Å². The van der Waals surface area contributed by atoms with Gasteiger partial charge < -0.3 is 14.1 Å². The lowest BCUT2D eigenvalue weighted by Gasteiger charge is -2.20. The van der Waals surface area contributed by atoms with E-state index in [1.54, 1.807) is 16.9 Å².